The van der Waals surface area contributed by atoms with E-state index in [2.05, 4.69) is 24.3 Å². The van der Waals surface area contributed by atoms with Crippen LogP contribution in [0.3, 0.4) is 0 Å². The quantitative estimate of drug-likeness (QED) is 0.153. The fourth-order valence-corrected chi connectivity index (χ4v) is 13.4. The van der Waals surface area contributed by atoms with Gasteiger partial charge in [0.1, 0.15) is 22.3 Å². The largest absolute Gasteiger partial charge is 0.455 e. The Labute approximate surface area is 312 Å². The van der Waals surface area contributed by atoms with Gasteiger partial charge in [-0.2, -0.15) is 0 Å². The summed E-state index contributed by atoms with van der Waals surface area (Å²) in [6, 6.07) is 63.1. The third kappa shape index (κ3) is 4.99. The lowest BCUT2D eigenvalue weighted by Gasteiger charge is -2.20. The first kappa shape index (κ1) is 32.5. The number of benzene rings is 8. The van der Waals surface area contributed by atoms with Crippen LogP contribution in [0, 0.1) is 0 Å². The third-order valence-electron chi connectivity index (χ3n) is 10.4. The van der Waals surface area contributed by atoms with Gasteiger partial charge in [0.15, 0.2) is 14.3 Å². The summed E-state index contributed by atoms with van der Waals surface area (Å²) in [6.45, 7) is 0. The summed E-state index contributed by atoms with van der Waals surface area (Å²) in [5, 5.41) is 8.12. The zero-order valence-corrected chi connectivity index (χ0v) is 30.8. The smallest absolute Gasteiger partial charge is 0.174 e. The van der Waals surface area contributed by atoms with Crippen molar-refractivity contribution in [1.29, 1.82) is 0 Å². The summed E-state index contributed by atoms with van der Waals surface area (Å²) in [7, 11) is -6.54. The summed E-state index contributed by atoms with van der Waals surface area (Å²) in [6.07, 6.45) is 0. The summed E-state index contributed by atoms with van der Waals surface area (Å²) in [4.78, 5) is 0. The van der Waals surface area contributed by atoms with Gasteiger partial charge in [0.2, 0.25) is 0 Å². The van der Waals surface area contributed by atoms with Crippen LogP contribution in [0.5, 0.6) is 0 Å². The van der Waals surface area contributed by atoms with E-state index in [1.54, 1.807) is 0 Å². The van der Waals surface area contributed by atoms with Crippen molar-refractivity contribution in [3.05, 3.63) is 194 Å². The lowest BCUT2D eigenvalue weighted by atomic mass is 10.0. The molecule has 54 heavy (non-hydrogen) atoms. The van der Waals surface area contributed by atoms with Crippen LogP contribution in [0.1, 0.15) is 0 Å². The van der Waals surface area contributed by atoms with Crippen molar-refractivity contribution >= 4 is 90.0 Å². The number of hydrogen-bond donors (Lipinski definition) is 0. The number of para-hydroxylation sites is 2. The normalized spacial score (nSPS) is 12.2. The molecule has 2 aromatic heterocycles. The van der Waals surface area contributed by atoms with E-state index in [-0.39, 0.29) is 0 Å². The monoisotopic (exact) mass is 734 g/mol. The fraction of sp³-hybridized carbons (Fsp3) is 0. The predicted octanol–water partition coefficient (Wildman–Crippen LogP) is 10.4. The van der Waals surface area contributed by atoms with Crippen LogP contribution in [0.4, 0.5) is 0 Å². The van der Waals surface area contributed by atoms with Crippen molar-refractivity contribution in [3.63, 3.8) is 0 Å². The van der Waals surface area contributed by atoms with Crippen LogP contribution in [0.15, 0.2) is 203 Å². The molecule has 0 aliphatic heterocycles. The van der Waals surface area contributed by atoms with E-state index in [0.29, 0.717) is 21.8 Å². The van der Waals surface area contributed by atoms with Crippen molar-refractivity contribution in [2.24, 2.45) is 0 Å². The molecule has 0 amide bonds. The maximum absolute atomic E-state index is 15.4. The van der Waals surface area contributed by atoms with Gasteiger partial charge < -0.3 is 18.0 Å². The molecule has 6 heteroatoms. The van der Waals surface area contributed by atoms with Crippen LogP contribution in [-0.4, -0.2) is 0 Å². The Morgan fingerprint density at radius 3 is 0.981 bits per heavy atom. The number of hydrogen-bond acceptors (Lipinski definition) is 4. The zero-order valence-electron chi connectivity index (χ0n) is 29.0. The molecule has 0 unspecified atom stereocenters. The van der Waals surface area contributed by atoms with E-state index < -0.39 is 14.3 Å². The molecule has 0 radical (unpaired) electrons. The Morgan fingerprint density at radius 1 is 0.315 bits per heavy atom. The summed E-state index contributed by atoms with van der Waals surface area (Å²) in [5.41, 5.74) is 4.74. The highest BCUT2D eigenvalue weighted by Gasteiger charge is 2.34. The molecular weight excluding hydrogens is 702 g/mol. The lowest BCUT2D eigenvalue weighted by molar-refractivity contribution is 0.591. The van der Waals surface area contributed by atoms with E-state index in [0.717, 1.165) is 65.1 Å². The highest BCUT2D eigenvalue weighted by atomic mass is 31.2. The Morgan fingerprint density at radius 2 is 0.648 bits per heavy atom. The van der Waals surface area contributed by atoms with Crippen molar-refractivity contribution in [2.45, 2.75) is 0 Å². The molecule has 10 rings (SSSR count). The van der Waals surface area contributed by atoms with E-state index in [9.17, 15) is 0 Å². The van der Waals surface area contributed by atoms with Crippen LogP contribution in [0.25, 0.3) is 55.0 Å². The predicted molar refractivity (Wildman–Crippen MR) is 225 cm³/mol. The summed E-state index contributed by atoms with van der Waals surface area (Å²) in [5.74, 6) is 0. The van der Waals surface area contributed by atoms with Gasteiger partial charge in [0.25, 0.3) is 0 Å². The van der Waals surface area contributed by atoms with Gasteiger partial charge >= 0.3 is 0 Å². The number of furan rings is 2. The summed E-state index contributed by atoms with van der Waals surface area (Å²) >= 11 is 0. The van der Waals surface area contributed by atoms with E-state index in [1.165, 1.54) is 0 Å². The minimum absolute atomic E-state index is 0.630. The molecule has 0 aliphatic carbocycles. The molecule has 0 spiro atoms. The number of fused-ring (bicyclic) bond motifs is 6. The van der Waals surface area contributed by atoms with Gasteiger partial charge in [0.05, 0.1) is 10.6 Å². The Bertz CT molecular complexity index is 2800. The van der Waals surface area contributed by atoms with E-state index in [4.69, 9.17) is 8.83 Å². The first-order chi connectivity index (χ1) is 26.5. The van der Waals surface area contributed by atoms with Gasteiger partial charge in [0, 0.05) is 42.8 Å². The minimum atomic E-state index is -3.27. The number of rotatable bonds is 7. The second kappa shape index (κ2) is 12.7. The molecule has 0 saturated heterocycles. The Balaban J connectivity index is 1.12. The van der Waals surface area contributed by atoms with Crippen LogP contribution in [-0.2, 0) is 9.13 Å². The van der Waals surface area contributed by atoms with Crippen LogP contribution >= 0.6 is 14.3 Å². The highest BCUT2D eigenvalue weighted by Crippen LogP contribution is 2.47. The molecule has 0 aliphatic rings. The third-order valence-corrected chi connectivity index (χ3v) is 16.6. The topological polar surface area (TPSA) is 60.4 Å². The van der Waals surface area contributed by atoms with Crippen molar-refractivity contribution in [3.8, 4) is 11.1 Å². The second-order valence-electron chi connectivity index (χ2n) is 13.5. The molecule has 8 aromatic carbocycles. The summed E-state index contributed by atoms with van der Waals surface area (Å²) < 4.78 is 43.9. The van der Waals surface area contributed by atoms with Gasteiger partial charge in [-0.15, -0.1) is 0 Å². The SMILES string of the molecule is O=P(c1ccccc1)(c1ccccc1)c1cccc2c1oc1ccc(-c3ccc4oc5c(P(=O)(c6ccccc6)c6ccccc6)cccc5c4c3)cc12. The molecule has 0 N–H and O–H groups in total. The van der Waals surface area contributed by atoms with E-state index in [1.807, 2.05) is 170 Å². The first-order valence-corrected chi connectivity index (χ1v) is 21.3. The van der Waals surface area contributed by atoms with E-state index >= 15 is 9.13 Å². The molecule has 258 valence electrons. The first-order valence-electron chi connectivity index (χ1n) is 17.9. The lowest BCUT2D eigenvalue weighted by Crippen LogP contribution is -2.25. The highest BCUT2D eigenvalue weighted by molar-refractivity contribution is 7.86. The van der Waals surface area contributed by atoms with Gasteiger partial charge in [-0.05, 0) is 47.5 Å². The van der Waals surface area contributed by atoms with Gasteiger partial charge in [-0.25, -0.2) is 0 Å². The maximum Gasteiger partial charge on any atom is 0.174 e. The van der Waals surface area contributed by atoms with Gasteiger partial charge in [-0.3, -0.25) is 0 Å². The average molecular weight is 735 g/mol. The van der Waals surface area contributed by atoms with Crippen LogP contribution < -0.4 is 31.8 Å². The standard InChI is InChI=1S/C48H32O4P2/c49-53(35-15-5-1-6-16-35,36-17-7-2-8-18-36)45-25-13-23-39-41-31-33(27-29-43(41)51-47(39)45)34-28-30-44-42(32-34)40-24-14-26-46(48(40)52-44)54(50,37-19-9-3-10-20-37)38-21-11-4-12-22-38/h1-32H. The van der Waals surface area contributed by atoms with Crippen molar-refractivity contribution in [2.75, 3.05) is 0 Å². The van der Waals surface area contributed by atoms with Crippen LogP contribution in [0.2, 0.25) is 0 Å². The zero-order chi connectivity index (χ0) is 36.3. The maximum atomic E-state index is 15.4. The molecule has 0 bridgehead atoms. The Hall–Kier alpha value is -6.18. The molecule has 0 fully saturated rings. The van der Waals surface area contributed by atoms with Crippen molar-refractivity contribution < 1.29 is 18.0 Å². The molecule has 2 heterocycles. The second-order valence-corrected chi connectivity index (χ2v) is 19.0. The molecular formula is C48H32O4P2. The van der Waals surface area contributed by atoms with Gasteiger partial charge in [-0.1, -0.05) is 158 Å². The molecule has 10 aromatic rings. The molecule has 0 atom stereocenters. The average Bonchev–Trinajstić information content (AvgIpc) is 3.82. The molecule has 4 nitrogen and oxygen atoms in total. The Kier molecular flexibility index (Phi) is 7.66. The fourth-order valence-electron chi connectivity index (χ4n) is 7.83. The van der Waals surface area contributed by atoms with Crippen molar-refractivity contribution in [1.82, 2.24) is 0 Å². The minimum Gasteiger partial charge on any atom is -0.455 e. The molecule has 0 saturated carbocycles.